The van der Waals surface area contributed by atoms with E-state index >= 15 is 0 Å². The Morgan fingerprint density at radius 3 is 2.88 bits per heavy atom. The molecular formula is C19H21N3O2. The predicted octanol–water partition coefficient (Wildman–Crippen LogP) is 3.77. The Hall–Kier alpha value is -2.82. The highest BCUT2D eigenvalue weighted by Crippen LogP contribution is 2.19. The summed E-state index contributed by atoms with van der Waals surface area (Å²) in [6.45, 7) is 5.00. The first kappa shape index (κ1) is 16.1. The Balaban J connectivity index is 1.64. The molecule has 0 atom stereocenters. The number of aromatic nitrogens is 2. The molecule has 1 heterocycles. The summed E-state index contributed by atoms with van der Waals surface area (Å²) in [6.07, 6.45) is 2.89. The molecule has 3 aromatic rings. The van der Waals surface area contributed by atoms with Crippen LogP contribution in [0.5, 0.6) is 5.75 Å². The third-order valence-electron chi connectivity index (χ3n) is 3.82. The first-order valence-corrected chi connectivity index (χ1v) is 8.10. The van der Waals surface area contributed by atoms with E-state index in [1.165, 1.54) is 0 Å². The lowest BCUT2D eigenvalue weighted by Gasteiger charge is -2.09. The van der Waals surface area contributed by atoms with Crippen molar-refractivity contribution in [2.24, 2.45) is 0 Å². The fraction of sp³-hybridized carbons (Fsp3) is 0.263. The van der Waals surface area contributed by atoms with Crippen LogP contribution in [-0.2, 0) is 11.3 Å². The second-order valence-corrected chi connectivity index (χ2v) is 5.74. The van der Waals surface area contributed by atoms with Crippen LogP contribution in [0.3, 0.4) is 0 Å². The van der Waals surface area contributed by atoms with Crippen molar-refractivity contribution in [3.05, 3.63) is 54.4 Å². The van der Waals surface area contributed by atoms with Gasteiger partial charge in [-0.05, 0) is 43.2 Å². The zero-order valence-electron chi connectivity index (χ0n) is 14.0. The van der Waals surface area contributed by atoms with Crippen molar-refractivity contribution in [1.82, 2.24) is 9.55 Å². The molecule has 0 aliphatic heterocycles. The molecule has 24 heavy (non-hydrogen) atoms. The van der Waals surface area contributed by atoms with Gasteiger partial charge in [0.2, 0.25) is 0 Å². The Morgan fingerprint density at radius 1 is 1.25 bits per heavy atom. The molecule has 0 aliphatic rings. The van der Waals surface area contributed by atoms with Gasteiger partial charge in [0.05, 0.1) is 17.4 Å². The van der Waals surface area contributed by atoms with Crippen molar-refractivity contribution in [3.8, 4) is 5.75 Å². The van der Waals surface area contributed by atoms with Crippen molar-refractivity contribution >= 4 is 22.6 Å². The van der Waals surface area contributed by atoms with Gasteiger partial charge in [0.1, 0.15) is 5.75 Å². The minimum atomic E-state index is -0.189. The summed E-state index contributed by atoms with van der Waals surface area (Å²) in [6, 6.07) is 13.4. The summed E-state index contributed by atoms with van der Waals surface area (Å²) in [7, 11) is 0. The number of amides is 1. The van der Waals surface area contributed by atoms with Gasteiger partial charge in [0.25, 0.3) is 5.91 Å². The highest BCUT2D eigenvalue weighted by atomic mass is 16.5. The third-order valence-corrected chi connectivity index (χ3v) is 3.82. The first-order valence-electron chi connectivity index (χ1n) is 8.10. The molecule has 0 unspecified atom stereocenters. The molecule has 0 saturated carbocycles. The lowest BCUT2D eigenvalue weighted by Crippen LogP contribution is -2.20. The third kappa shape index (κ3) is 3.56. The number of carbonyl (C=O) groups excluding carboxylic acids is 1. The molecule has 5 heteroatoms. The average molecular weight is 323 g/mol. The summed E-state index contributed by atoms with van der Waals surface area (Å²) < 4.78 is 7.68. The van der Waals surface area contributed by atoms with Crippen LogP contribution in [0.15, 0.2) is 48.8 Å². The maximum atomic E-state index is 12.1. The van der Waals surface area contributed by atoms with Gasteiger partial charge in [-0.1, -0.05) is 25.1 Å². The molecule has 3 rings (SSSR count). The van der Waals surface area contributed by atoms with Gasteiger partial charge >= 0.3 is 0 Å². The number of fused-ring (bicyclic) bond motifs is 1. The van der Waals surface area contributed by atoms with Crippen molar-refractivity contribution in [2.45, 2.75) is 26.8 Å². The lowest BCUT2D eigenvalue weighted by atomic mass is 10.2. The molecule has 0 fully saturated rings. The number of hydrogen-bond donors (Lipinski definition) is 1. The van der Waals surface area contributed by atoms with Crippen LogP contribution in [0.4, 0.5) is 5.69 Å². The molecule has 1 aromatic heterocycles. The van der Waals surface area contributed by atoms with Gasteiger partial charge in [0.15, 0.2) is 6.61 Å². The highest BCUT2D eigenvalue weighted by Gasteiger charge is 2.07. The summed E-state index contributed by atoms with van der Waals surface area (Å²) in [5, 5.41) is 2.85. The van der Waals surface area contributed by atoms with E-state index in [0.29, 0.717) is 0 Å². The fourth-order valence-corrected chi connectivity index (χ4v) is 2.62. The summed E-state index contributed by atoms with van der Waals surface area (Å²) >= 11 is 0. The topological polar surface area (TPSA) is 56.2 Å². The number of aryl methyl sites for hydroxylation is 2. The number of hydrogen-bond acceptors (Lipinski definition) is 3. The lowest BCUT2D eigenvalue weighted by molar-refractivity contribution is -0.118. The molecule has 0 saturated heterocycles. The molecular weight excluding hydrogens is 302 g/mol. The molecule has 5 nitrogen and oxygen atoms in total. The Kier molecular flexibility index (Phi) is 4.79. The Labute approximate surface area is 141 Å². The number of nitrogens with one attached hydrogen (secondary N) is 1. The second kappa shape index (κ2) is 7.17. The quantitative estimate of drug-likeness (QED) is 0.751. The summed E-state index contributed by atoms with van der Waals surface area (Å²) in [5.41, 5.74) is 3.68. The molecule has 0 aliphatic carbocycles. The van der Waals surface area contributed by atoms with Gasteiger partial charge in [-0.2, -0.15) is 0 Å². The van der Waals surface area contributed by atoms with Crippen LogP contribution in [0.25, 0.3) is 11.0 Å². The van der Waals surface area contributed by atoms with Gasteiger partial charge in [-0.15, -0.1) is 0 Å². The van der Waals surface area contributed by atoms with E-state index in [1.54, 1.807) is 0 Å². The van der Waals surface area contributed by atoms with Crippen LogP contribution in [0.2, 0.25) is 0 Å². The number of carbonyl (C=O) groups is 1. The number of benzene rings is 2. The van der Waals surface area contributed by atoms with Gasteiger partial charge in [-0.25, -0.2) is 4.98 Å². The monoisotopic (exact) mass is 323 g/mol. The molecule has 0 bridgehead atoms. The number of anilines is 1. The van der Waals surface area contributed by atoms with Crippen LogP contribution < -0.4 is 10.1 Å². The van der Waals surface area contributed by atoms with Crippen LogP contribution in [0.1, 0.15) is 18.9 Å². The second-order valence-electron chi connectivity index (χ2n) is 5.74. The van der Waals surface area contributed by atoms with E-state index in [-0.39, 0.29) is 12.5 Å². The van der Waals surface area contributed by atoms with Crippen molar-refractivity contribution in [3.63, 3.8) is 0 Å². The maximum Gasteiger partial charge on any atom is 0.262 e. The number of nitrogens with zero attached hydrogens (tertiary/aromatic N) is 2. The molecule has 0 radical (unpaired) electrons. The zero-order chi connectivity index (χ0) is 16.9. The zero-order valence-corrected chi connectivity index (χ0v) is 14.0. The number of ether oxygens (including phenoxy) is 1. The van der Waals surface area contributed by atoms with E-state index < -0.39 is 0 Å². The largest absolute Gasteiger partial charge is 0.483 e. The standard InChI is InChI=1S/C19H21N3O2/c1-3-10-22-13-20-16-11-15(8-9-17(16)22)21-19(23)12-24-18-7-5-4-6-14(18)2/h4-9,11,13H,3,10,12H2,1-2H3,(H,21,23). The average Bonchev–Trinajstić information content (AvgIpc) is 2.97. The van der Waals surface area contributed by atoms with Gasteiger partial charge < -0.3 is 14.6 Å². The predicted molar refractivity (Wildman–Crippen MR) is 95.3 cm³/mol. The minimum Gasteiger partial charge on any atom is -0.483 e. The van der Waals surface area contributed by atoms with Crippen molar-refractivity contribution in [1.29, 1.82) is 0 Å². The molecule has 124 valence electrons. The molecule has 1 amide bonds. The number of para-hydroxylation sites is 1. The maximum absolute atomic E-state index is 12.1. The highest BCUT2D eigenvalue weighted by molar-refractivity contribution is 5.94. The summed E-state index contributed by atoms with van der Waals surface area (Å²) in [4.78, 5) is 16.5. The van der Waals surface area contributed by atoms with Crippen LogP contribution in [0, 0.1) is 6.92 Å². The number of rotatable bonds is 6. The molecule has 1 N–H and O–H groups in total. The van der Waals surface area contributed by atoms with E-state index in [2.05, 4.69) is 21.8 Å². The normalized spacial score (nSPS) is 10.8. The van der Waals surface area contributed by atoms with Gasteiger partial charge in [0, 0.05) is 12.2 Å². The van der Waals surface area contributed by atoms with Gasteiger partial charge in [-0.3, -0.25) is 4.79 Å². The van der Waals surface area contributed by atoms with E-state index in [9.17, 15) is 4.79 Å². The molecule has 0 spiro atoms. The van der Waals surface area contributed by atoms with E-state index in [4.69, 9.17) is 4.74 Å². The Morgan fingerprint density at radius 2 is 2.08 bits per heavy atom. The Bertz CT molecular complexity index is 855. The fourth-order valence-electron chi connectivity index (χ4n) is 2.62. The minimum absolute atomic E-state index is 0.0207. The SMILES string of the molecule is CCCn1cnc2cc(NC(=O)COc3ccccc3C)ccc21. The first-order chi connectivity index (χ1) is 11.7. The van der Waals surface area contributed by atoms with E-state index in [0.717, 1.165) is 41.0 Å². The molecule has 2 aromatic carbocycles. The van der Waals surface area contributed by atoms with Crippen molar-refractivity contribution < 1.29 is 9.53 Å². The smallest absolute Gasteiger partial charge is 0.262 e. The van der Waals surface area contributed by atoms with Crippen LogP contribution >= 0.6 is 0 Å². The van der Waals surface area contributed by atoms with E-state index in [1.807, 2.05) is 55.7 Å². The van der Waals surface area contributed by atoms with Crippen molar-refractivity contribution in [2.75, 3.05) is 11.9 Å². The van der Waals surface area contributed by atoms with Crippen LogP contribution in [-0.4, -0.2) is 22.1 Å². The number of imidazole rings is 1. The summed E-state index contributed by atoms with van der Waals surface area (Å²) in [5.74, 6) is 0.534.